The molecule has 0 radical (unpaired) electrons. The standard InChI is InChI=1S/C21H23FN4O/c1-16-18(26-11-5-4-8-20(26)23-16)9-10-21(27)25-14-12-24(13-15-25)19-7-3-2-6-17(19)22/h2-8,11H,9-10,12-15H2,1H3. The summed E-state index contributed by atoms with van der Waals surface area (Å²) in [5.41, 5.74) is 3.59. The smallest absolute Gasteiger partial charge is 0.223 e. The molecule has 0 N–H and O–H groups in total. The number of benzene rings is 1. The van der Waals surface area contributed by atoms with E-state index in [2.05, 4.69) is 9.38 Å². The number of rotatable bonds is 4. The Labute approximate surface area is 158 Å². The minimum Gasteiger partial charge on any atom is -0.366 e. The molecule has 140 valence electrons. The number of anilines is 1. The maximum absolute atomic E-state index is 13.9. The molecular formula is C21H23FN4O. The van der Waals surface area contributed by atoms with Crippen LogP contribution in [-0.2, 0) is 11.2 Å². The van der Waals surface area contributed by atoms with Crippen molar-refractivity contribution < 1.29 is 9.18 Å². The fourth-order valence-electron chi connectivity index (χ4n) is 3.75. The van der Waals surface area contributed by atoms with Crippen molar-refractivity contribution in [3.63, 3.8) is 0 Å². The van der Waals surface area contributed by atoms with Crippen LogP contribution in [0.25, 0.3) is 5.65 Å². The molecule has 1 aliphatic heterocycles. The molecule has 1 aromatic carbocycles. The number of carbonyl (C=O) groups is 1. The molecule has 3 heterocycles. The molecule has 0 spiro atoms. The summed E-state index contributed by atoms with van der Waals surface area (Å²) in [5, 5.41) is 0. The third kappa shape index (κ3) is 3.52. The first-order chi connectivity index (χ1) is 13.1. The van der Waals surface area contributed by atoms with E-state index < -0.39 is 0 Å². The first-order valence-electron chi connectivity index (χ1n) is 9.33. The molecule has 3 aromatic rings. The van der Waals surface area contributed by atoms with E-state index >= 15 is 0 Å². The van der Waals surface area contributed by atoms with Crippen LogP contribution in [0.4, 0.5) is 10.1 Å². The maximum atomic E-state index is 13.9. The number of halogens is 1. The maximum Gasteiger partial charge on any atom is 0.223 e. The summed E-state index contributed by atoms with van der Waals surface area (Å²) < 4.78 is 16.0. The number of fused-ring (bicyclic) bond motifs is 1. The van der Waals surface area contributed by atoms with Crippen molar-refractivity contribution in [3.05, 3.63) is 65.9 Å². The van der Waals surface area contributed by atoms with Crippen LogP contribution in [0.3, 0.4) is 0 Å². The summed E-state index contributed by atoms with van der Waals surface area (Å²) in [4.78, 5) is 21.1. The molecule has 1 saturated heterocycles. The first kappa shape index (κ1) is 17.5. The highest BCUT2D eigenvalue weighted by Gasteiger charge is 2.23. The van der Waals surface area contributed by atoms with Crippen molar-refractivity contribution in [2.75, 3.05) is 31.1 Å². The number of hydrogen-bond acceptors (Lipinski definition) is 3. The summed E-state index contributed by atoms with van der Waals surface area (Å²) in [7, 11) is 0. The molecule has 0 saturated carbocycles. The van der Waals surface area contributed by atoms with Gasteiger partial charge in [0, 0.05) is 44.5 Å². The highest BCUT2D eigenvalue weighted by atomic mass is 19.1. The molecule has 5 nitrogen and oxygen atoms in total. The van der Waals surface area contributed by atoms with Crippen LogP contribution in [0.15, 0.2) is 48.7 Å². The topological polar surface area (TPSA) is 40.9 Å². The van der Waals surface area contributed by atoms with Crippen LogP contribution in [-0.4, -0.2) is 46.4 Å². The average molecular weight is 366 g/mol. The second kappa shape index (κ2) is 7.39. The molecule has 1 fully saturated rings. The average Bonchev–Trinajstić information content (AvgIpc) is 3.02. The molecule has 0 unspecified atom stereocenters. The normalized spacial score (nSPS) is 14.7. The van der Waals surface area contributed by atoms with E-state index in [-0.39, 0.29) is 11.7 Å². The number of piperazine rings is 1. The minimum atomic E-state index is -0.208. The Bertz CT molecular complexity index is 960. The van der Waals surface area contributed by atoms with Crippen molar-refractivity contribution in [1.82, 2.24) is 14.3 Å². The second-order valence-electron chi connectivity index (χ2n) is 6.89. The molecule has 0 bridgehead atoms. The van der Waals surface area contributed by atoms with Gasteiger partial charge in [-0.3, -0.25) is 4.79 Å². The van der Waals surface area contributed by atoms with Crippen LogP contribution in [0.2, 0.25) is 0 Å². The Morgan fingerprint density at radius 2 is 1.81 bits per heavy atom. The number of imidazole rings is 1. The Kier molecular flexibility index (Phi) is 4.79. The van der Waals surface area contributed by atoms with E-state index in [0.29, 0.717) is 44.7 Å². The lowest BCUT2D eigenvalue weighted by molar-refractivity contribution is -0.131. The van der Waals surface area contributed by atoms with Gasteiger partial charge in [0.15, 0.2) is 0 Å². The Balaban J connectivity index is 1.36. The quantitative estimate of drug-likeness (QED) is 0.713. The van der Waals surface area contributed by atoms with E-state index in [1.807, 2.05) is 47.2 Å². The van der Waals surface area contributed by atoms with Crippen LogP contribution in [0.5, 0.6) is 0 Å². The number of aryl methyl sites for hydroxylation is 2. The monoisotopic (exact) mass is 366 g/mol. The van der Waals surface area contributed by atoms with E-state index in [9.17, 15) is 9.18 Å². The highest BCUT2D eigenvalue weighted by Crippen LogP contribution is 2.21. The van der Waals surface area contributed by atoms with Crippen LogP contribution < -0.4 is 4.90 Å². The molecule has 0 atom stereocenters. The fourth-order valence-corrected chi connectivity index (χ4v) is 3.75. The van der Waals surface area contributed by atoms with Gasteiger partial charge in [0.1, 0.15) is 11.5 Å². The van der Waals surface area contributed by atoms with Gasteiger partial charge in [-0.2, -0.15) is 0 Å². The van der Waals surface area contributed by atoms with Crippen molar-refractivity contribution in [2.24, 2.45) is 0 Å². The largest absolute Gasteiger partial charge is 0.366 e. The van der Waals surface area contributed by atoms with Crippen molar-refractivity contribution >= 4 is 17.2 Å². The lowest BCUT2D eigenvalue weighted by Gasteiger charge is -2.36. The number of nitrogens with zero attached hydrogens (tertiary/aromatic N) is 4. The zero-order chi connectivity index (χ0) is 18.8. The van der Waals surface area contributed by atoms with Crippen LogP contribution in [0, 0.1) is 12.7 Å². The SMILES string of the molecule is Cc1nc2ccccn2c1CCC(=O)N1CCN(c2ccccc2F)CC1. The highest BCUT2D eigenvalue weighted by molar-refractivity contribution is 5.77. The molecular weight excluding hydrogens is 343 g/mol. The van der Waals surface area contributed by atoms with Gasteiger partial charge in [-0.1, -0.05) is 18.2 Å². The Morgan fingerprint density at radius 3 is 2.59 bits per heavy atom. The third-order valence-electron chi connectivity index (χ3n) is 5.23. The summed E-state index contributed by atoms with van der Waals surface area (Å²) in [6, 6.07) is 12.7. The second-order valence-corrected chi connectivity index (χ2v) is 6.89. The lowest BCUT2D eigenvalue weighted by atomic mass is 10.1. The van der Waals surface area contributed by atoms with E-state index in [0.717, 1.165) is 17.0 Å². The van der Waals surface area contributed by atoms with Gasteiger partial charge in [-0.05, 0) is 37.6 Å². The lowest BCUT2D eigenvalue weighted by Crippen LogP contribution is -2.49. The van der Waals surface area contributed by atoms with E-state index in [1.165, 1.54) is 6.07 Å². The summed E-state index contributed by atoms with van der Waals surface area (Å²) in [6.45, 7) is 4.54. The molecule has 0 aliphatic carbocycles. The van der Waals surface area contributed by atoms with E-state index in [1.54, 1.807) is 12.1 Å². The van der Waals surface area contributed by atoms with Crippen molar-refractivity contribution in [2.45, 2.75) is 19.8 Å². The van der Waals surface area contributed by atoms with Crippen molar-refractivity contribution in [3.8, 4) is 0 Å². The zero-order valence-corrected chi connectivity index (χ0v) is 15.4. The Hall–Kier alpha value is -2.89. The molecule has 6 heteroatoms. The Morgan fingerprint density at radius 1 is 1.07 bits per heavy atom. The van der Waals surface area contributed by atoms with Gasteiger partial charge in [0.05, 0.1) is 11.4 Å². The summed E-state index contributed by atoms with van der Waals surface area (Å²) in [5.74, 6) is -0.0613. The summed E-state index contributed by atoms with van der Waals surface area (Å²) >= 11 is 0. The molecule has 1 amide bonds. The van der Waals surface area contributed by atoms with Gasteiger partial charge < -0.3 is 14.2 Å². The number of para-hydroxylation sites is 1. The molecule has 2 aromatic heterocycles. The van der Waals surface area contributed by atoms with Gasteiger partial charge >= 0.3 is 0 Å². The van der Waals surface area contributed by atoms with Crippen molar-refractivity contribution in [1.29, 1.82) is 0 Å². The van der Waals surface area contributed by atoms with Gasteiger partial charge in [0.2, 0.25) is 5.91 Å². The predicted octanol–water partition coefficient (Wildman–Crippen LogP) is 3.06. The van der Waals surface area contributed by atoms with Crippen LogP contribution in [0.1, 0.15) is 17.8 Å². The van der Waals surface area contributed by atoms with Gasteiger partial charge in [-0.15, -0.1) is 0 Å². The fraction of sp³-hybridized carbons (Fsp3) is 0.333. The molecule has 4 rings (SSSR count). The summed E-state index contributed by atoms with van der Waals surface area (Å²) in [6.07, 6.45) is 3.12. The molecule has 1 aliphatic rings. The number of amides is 1. The predicted molar refractivity (Wildman–Crippen MR) is 103 cm³/mol. The molecule has 27 heavy (non-hydrogen) atoms. The zero-order valence-electron chi connectivity index (χ0n) is 15.4. The number of hydrogen-bond donors (Lipinski definition) is 0. The van der Waals surface area contributed by atoms with Crippen LogP contribution >= 0.6 is 0 Å². The minimum absolute atomic E-state index is 0.147. The third-order valence-corrected chi connectivity index (χ3v) is 5.23. The van der Waals surface area contributed by atoms with Gasteiger partial charge in [-0.25, -0.2) is 9.37 Å². The van der Waals surface area contributed by atoms with E-state index in [4.69, 9.17) is 0 Å². The first-order valence-corrected chi connectivity index (χ1v) is 9.33. The van der Waals surface area contributed by atoms with Gasteiger partial charge in [0.25, 0.3) is 0 Å². The number of aromatic nitrogens is 2. The number of carbonyl (C=O) groups excluding carboxylic acids is 1. The number of pyridine rings is 1.